The first-order chi connectivity index (χ1) is 14.9. The zero-order chi connectivity index (χ0) is 22.2. The number of amides is 3. The van der Waals surface area contributed by atoms with Gasteiger partial charge in [0.15, 0.2) is 23.9 Å². The molecule has 2 unspecified atom stereocenters. The third-order valence-corrected chi connectivity index (χ3v) is 5.47. The molecule has 3 amide bonds. The number of carbonyl (C=O) groups excluding carboxylic acids is 4. The summed E-state index contributed by atoms with van der Waals surface area (Å²) >= 11 is 0. The maximum Gasteiger partial charge on any atom is 0.321 e. The number of esters is 1. The van der Waals surface area contributed by atoms with Gasteiger partial charge in [0.1, 0.15) is 13.2 Å². The maximum absolute atomic E-state index is 12.3. The van der Waals surface area contributed by atoms with Crippen LogP contribution < -0.4 is 20.1 Å². The van der Waals surface area contributed by atoms with Crippen LogP contribution in [0.5, 0.6) is 11.5 Å². The number of ketones is 1. The second-order valence-corrected chi connectivity index (χ2v) is 7.83. The van der Waals surface area contributed by atoms with Gasteiger partial charge in [-0.05, 0) is 37.0 Å². The van der Waals surface area contributed by atoms with E-state index in [4.69, 9.17) is 14.2 Å². The molecule has 0 aromatic heterocycles. The highest BCUT2D eigenvalue weighted by Crippen LogP contribution is 2.31. The fourth-order valence-corrected chi connectivity index (χ4v) is 3.69. The molecule has 0 spiro atoms. The highest BCUT2D eigenvalue weighted by Gasteiger charge is 2.23. The zero-order valence-electron chi connectivity index (χ0n) is 17.6. The molecule has 2 aliphatic rings. The quantitative estimate of drug-likeness (QED) is 0.501. The first kappa shape index (κ1) is 22.6. The van der Waals surface area contributed by atoms with Crippen molar-refractivity contribution in [1.82, 2.24) is 10.6 Å². The van der Waals surface area contributed by atoms with E-state index in [1.54, 1.807) is 18.2 Å². The Bertz CT molecular complexity index is 839. The van der Waals surface area contributed by atoms with E-state index >= 15 is 0 Å². The van der Waals surface area contributed by atoms with E-state index in [9.17, 15) is 19.2 Å². The lowest BCUT2D eigenvalue weighted by atomic mass is 9.86. The lowest BCUT2D eigenvalue weighted by molar-refractivity contribution is -0.148. The average Bonchev–Trinajstić information content (AvgIpc) is 2.77. The Hall–Kier alpha value is -3.10. The van der Waals surface area contributed by atoms with Crippen LogP contribution in [0.3, 0.4) is 0 Å². The van der Waals surface area contributed by atoms with E-state index in [-0.39, 0.29) is 24.7 Å². The van der Waals surface area contributed by atoms with Crippen LogP contribution in [0.25, 0.3) is 0 Å². The number of Topliss-reactive ketones (excluding diaryl/α,β-unsaturated/α-hetero) is 1. The molecule has 1 aliphatic carbocycles. The number of hydrogen-bond acceptors (Lipinski definition) is 7. The Morgan fingerprint density at radius 2 is 1.77 bits per heavy atom. The molecule has 1 aromatic rings. The lowest BCUT2D eigenvalue weighted by Crippen LogP contribution is -2.48. The van der Waals surface area contributed by atoms with Gasteiger partial charge < -0.3 is 19.5 Å². The Balaban J connectivity index is 1.35. The van der Waals surface area contributed by atoms with Crippen molar-refractivity contribution in [1.29, 1.82) is 0 Å². The van der Waals surface area contributed by atoms with Crippen molar-refractivity contribution in [2.45, 2.75) is 51.5 Å². The van der Waals surface area contributed by atoms with Crippen LogP contribution in [0, 0.1) is 5.92 Å². The third kappa shape index (κ3) is 6.70. The van der Waals surface area contributed by atoms with Gasteiger partial charge in [0, 0.05) is 18.0 Å². The summed E-state index contributed by atoms with van der Waals surface area (Å²) in [7, 11) is 0. The lowest BCUT2D eigenvalue weighted by Gasteiger charge is -2.29. The summed E-state index contributed by atoms with van der Waals surface area (Å²) in [6, 6.07) is 4.30. The monoisotopic (exact) mass is 432 g/mol. The minimum atomic E-state index is -0.715. The minimum absolute atomic E-state index is 0.0377. The molecule has 1 saturated carbocycles. The molecule has 3 rings (SSSR count). The molecular formula is C22H28N2O7. The van der Waals surface area contributed by atoms with Crippen molar-refractivity contribution in [3.8, 4) is 11.5 Å². The molecule has 9 heteroatoms. The molecule has 0 radical (unpaired) electrons. The van der Waals surface area contributed by atoms with E-state index in [0.29, 0.717) is 36.2 Å². The van der Waals surface area contributed by atoms with Crippen molar-refractivity contribution in [3.63, 3.8) is 0 Å². The Morgan fingerprint density at radius 3 is 2.55 bits per heavy atom. The van der Waals surface area contributed by atoms with Gasteiger partial charge in [0.25, 0.3) is 5.91 Å². The second-order valence-electron chi connectivity index (χ2n) is 7.83. The number of imide groups is 1. The summed E-state index contributed by atoms with van der Waals surface area (Å²) in [4.78, 5) is 47.9. The van der Waals surface area contributed by atoms with Crippen LogP contribution in [0.4, 0.5) is 4.79 Å². The van der Waals surface area contributed by atoms with E-state index in [1.165, 1.54) is 0 Å². The molecule has 1 heterocycles. The number of carbonyl (C=O) groups is 4. The maximum atomic E-state index is 12.3. The third-order valence-electron chi connectivity index (χ3n) is 5.47. The number of rotatable bonds is 7. The van der Waals surface area contributed by atoms with Gasteiger partial charge in [-0.15, -0.1) is 0 Å². The molecule has 0 saturated heterocycles. The number of ether oxygens (including phenoxy) is 3. The highest BCUT2D eigenvalue weighted by molar-refractivity contribution is 5.98. The minimum Gasteiger partial charge on any atom is -0.486 e. The molecule has 2 atom stereocenters. The predicted octanol–water partition coefficient (Wildman–Crippen LogP) is 2.37. The Kier molecular flexibility index (Phi) is 7.86. The topological polar surface area (TPSA) is 120 Å². The largest absolute Gasteiger partial charge is 0.486 e. The van der Waals surface area contributed by atoms with Gasteiger partial charge in [-0.25, -0.2) is 4.79 Å². The first-order valence-corrected chi connectivity index (χ1v) is 10.6. The fraction of sp³-hybridized carbons (Fsp3) is 0.545. The van der Waals surface area contributed by atoms with Gasteiger partial charge in [-0.1, -0.05) is 19.8 Å². The summed E-state index contributed by atoms with van der Waals surface area (Å²) in [6.45, 7) is 2.36. The van der Waals surface area contributed by atoms with Crippen molar-refractivity contribution in [2.75, 3.05) is 19.8 Å². The van der Waals surface area contributed by atoms with Gasteiger partial charge in [0.2, 0.25) is 0 Å². The van der Waals surface area contributed by atoms with Gasteiger partial charge in [0.05, 0.1) is 6.42 Å². The summed E-state index contributed by atoms with van der Waals surface area (Å²) < 4.78 is 15.7. The molecule has 168 valence electrons. The van der Waals surface area contributed by atoms with Crippen molar-refractivity contribution in [2.24, 2.45) is 5.92 Å². The van der Waals surface area contributed by atoms with Crippen LogP contribution in [0.1, 0.15) is 55.8 Å². The van der Waals surface area contributed by atoms with Crippen LogP contribution >= 0.6 is 0 Å². The molecule has 1 fully saturated rings. The SMILES string of the molecule is CC1CCCCC1NC(=O)NC(=O)COC(=O)CCC(=O)c1ccc2c(c1)OCCO2. The predicted molar refractivity (Wildman–Crippen MR) is 110 cm³/mol. The second kappa shape index (κ2) is 10.8. The van der Waals surface area contributed by atoms with Crippen LogP contribution in [-0.2, 0) is 14.3 Å². The summed E-state index contributed by atoms with van der Waals surface area (Å²) in [5.74, 6) is -0.221. The molecule has 0 bridgehead atoms. The number of nitrogens with one attached hydrogen (secondary N) is 2. The number of fused-ring (bicyclic) bond motifs is 1. The molecule has 1 aliphatic heterocycles. The molecule has 2 N–H and O–H groups in total. The summed E-state index contributed by atoms with van der Waals surface area (Å²) in [6.07, 6.45) is 3.88. The van der Waals surface area contributed by atoms with Crippen LogP contribution in [0.2, 0.25) is 0 Å². The van der Waals surface area contributed by atoms with Gasteiger partial charge in [-0.3, -0.25) is 19.7 Å². The zero-order valence-corrected chi connectivity index (χ0v) is 17.6. The Morgan fingerprint density at radius 1 is 1.03 bits per heavy atom. The van der Waals surface area contributed by atoms with Gasteiger partial charge >= 0.3 is 12.0 Å². The van der Waals surface area contributed by atoms with E-state index in [2.05, 4.69) is 17.6 Å². The normalized spacial score (nSPS) is 19.8. The molecule has 31 heavy (non-hydrogen) atoms. The standard InChI is InChI=1S/C22H28N2O7/c1-14-4-2-3-5-16(14)23-22(28)24-20(26)13-31-21(27)9-7-17(25)15-6-8-18-19(12-15)30-11-10-29-18/h6,8,12,14,16H,2-5,7,9-11,13H2,1H3,(H2,23,24,26,28). The van der Waals surface area contributed by atoms with Crippen LogP contribution in [0.15, 0.2) is 18.2 Å². The Labute approximate surface area is 180 Å². The van der Waals surface area contributed by atoms with Crippen molar-refractivity contribution >= 4 is 23.7 Å². The number of benzene rings is 1. The fourth-order valence-electron chi connectivity index (χ4n) is 3.69. The summed E-state index contributed by atoms with van der Waals surface area (Å²) in [5.41, 5.74) is 0.406. The molecular weight excluding hydrogens is 404 g/mol. The first-order valence-electron chi connectivity index (χ1n) is 10.6. The average molecular weight is 432 g/mol. The van der Waals surface area contributed by atoms with Crippen LogP contribution in [-0.4, -0.2) is 49.6 Å². The number of urea groups is 1. The van der Waals surface area contributed by atoms with Crippen molar-refractivity contribution in [3.05, 3.63) is 23.8 Å². The van der Waals surface area contributed by atoms with E-state index in [0.717, 1.165) is 25.7 Å². The highest BCUT2D eigenvalue weighted by atomic mass is 16.6. The smallest absolute Gasteiger partial charge is 0.321 e. The molecule has 1 aromatic carbocycles. The summed E-state index contributed by atoms with van der Waals surface area (Å²) in [5, 5.41) is 4.96. The van der Waals surface area contributed by atoms with E-state index in [1.807, 2.05) is 0 Å². The van der Waals surface area contributed by atoms with Crippen molar-refractivity contribution < 1.29 is 33.4 Å². The number of hydrogen-bond donors (Lipinski definition) is 2. The van der Waals surface area contributed by atoms with Gasteiger partial charge in [-0.2, -0.15) is 0 Å². The van der Waals surface area contributed by atoms with E-state index < -0.39 is 24.5 Å². The molecule has 9 nitrogen and oxygen atoms in total.